The maximum atomic E-state index is 4.38. The molecule has 3 nitrogen and oxygen atoms in total. The first-order valence-corrected chi connectivity index (χ1v) is 7.55. The van der Waals surface area contributed by atoms with Crippen LogP contribution in [0.3, 0.4) is 0 Å². The van der Waals surface area contributed by atoms with Gasteiger partial charge in [0.15, 0.2) is 0 Å². The van der Waals surface area contributed by atoms with Crippen LogP contribution in [0.5, 0.6) is 0 Å². The summed E-state index contributed by atoms with van der Waals surface area (Å²) in [5, 5.41) is 3.50. The van der Waals surface area contributed by atoms with Crippen LogP contribution in [0.1, 0.15) is 70.0 Å². The van der Waals surface area contributed by atoms with E-state index in [4.69, 9.17) is 0 Å². The number of hydrogen-bond acceptors (Lipinski definition) is 2. The van der Waals surface area contributed by atoms with Gasteiger partial charge in [0, 0.05) is 30.4 Å². The summed E-state index contributed by atoms with van der Waals surface area (Å²) in [6.45, 7) is 6.89. The molecule has 1 N–H and O–H groups in total. The maximum Gasteiger partial charge on any atom is 0.0950 e. The number of piperidine rings is 1. The first-order valence-electron chi connectivity index (χ1n) is 7.55. The van der Waals surface area contributed by atoms with Gasteiger partial charge in [0.25, 0.3) is 0 Å². The van der Waals surface area contributed by atoms with E-state index in [0.29, 0.717) is 12.0 Å². The molecule has 2 heterocycles. The van der Waals surface area contributed by atoms with Crippen molar-refractivity contribution in [2.24, 2.45) is 0 Å². The Balaban J connectivity index is 1.97. The third-order valence-corrected chi connectivity index (χ3v) is 4.11. The van der Waals surface area contributed by atoms with Crippen molar-refractivity contribution < 1.29 is 0 Å². The lowest BCUT2D eigenvalue weighted by Crippen LogP contribution is -2.29. The number of hydrogen-bond donors (Lipinski definition) is 1. The molecule has 1 aliphatic rings. The van der Waals surface area contributed by atoms with Crippen molar-refractivity contribution in [3.63, 3.8) is 0 Å². The van der Waals surface area contributed by atoms with Crippen LogP contribution in [0.15, 0.2) is 12.5 Å². The van der Waals surface area contributed by atoms with Crippen molar-refractivity contribution in [3.8, 4) is 0 Å². The fraction of sp³-hybridized carbons (Fsp3) is 0.800. The fourth-order valence-electron chi connectivity index (χ4n) is 2.93. The lowest BCUT2D eigenvalue weighted by Gasteiger charge is -2.26. The van der Waals surface area contributed by atoms with Crippen molar-refractivity contribution in [3.05, 3.63) is 18.2 Å². The summed E-state index contributed by atoms with van der Waals surface area (Å²) in [7, 11) is 0. The van der Waals surface area contributed by atoms with Crippen LogP contribution < -0.4 is 5.32 Å². The normalized spacial score (nSPS) is 22.0. The van der Waals surface area contributed by atoms with E-state index in [9.17, 15) is 0 Å². The molecule has 102 valence electrons. The van der Waals surface area contributed by atoms with Crippen molar-refractivity contribution in [2.75, 3.05) is 13.1 Å². The second-order valence-electron chi connectivity index (χ2n) is 5.61. The highest BCUT2D eigenvalue weighted by Crippen LogP contribution is 2.26. The zero-order chi connectivity index (χ0) is 12.8. The second-order valence-corrected chi connectivity index (χ2v) is 5.61. The molecule has 0 saturated carbocycles. The van der Waals surface area contributed by atoms with Gasteiger partial charge in [0.1, 0.15) is 0 Å². The average molecular weight is 249 g/mol. The topological polar surface area (TPSA) is 29.9 Å². The van der Waals surface area contributed by atoms with Gasteiger partial charge in [0.05, 0.1) is 6.33 Å². The minimum Gasteiger partial charge on any atom is -0.332 e. The Bertz CT molecular complexity index is 339. The smallest absolute Gasteiger partial charge is 0.0950 e. The third-order valence-electron chi connectivity index (χ3n) is 4.11. The largest absolute Gasteiger partial charge is 0.332 e. The van der Waals surface area contributed by atoms with Gasteiger partial charge >= 0.3 is 0 Å². The lowest BCUT2D eigenvalue weighted by atomic mass is 9.96. The Morgan fingerprint density at radius 1 is 1.50 bits per heavy atom. The van der Waals surface area contributed by atoms with Crippen LogP contribution >= 0.6 is 0 Å². The van der Waals surface area contributed by atoms with Crippen LogP contribution in [0.2, 0.25) is 0 Å². The second kappa shape index (κ2) is 6.93. The summed E-state index contributed by atoms with van der Waals surface area (Å²) in [6.07, 6.45) is 12.0. The highest BCUT2D eigenvalue weighted by Gasteiger charge is 2.20. The quantitative estimate of drug-likeness (QED) is 0.782. The third kappa shape index (κ3) is 3.35. The monoisotopic (exact) mass is 249 g/mol. The van der Waals surface area contributed by atoms with Gasteiger partial charge in [-0.25, -0.2) is 4.98 Å². The molecule has 0 spiro atoms. The number of unbranched alkanes of at least 4 members (excludes halogenated alkanes) is 2. The van der Waals surface area contributed by atoms with Crippen molar-refractivity contribution in [1.29, 1.82) is 0 Å². The standard InChI is InChI=1S/C15H27N3/c1-3-4-5-7-13(2)18-12-17-11-15(18)14-8-6-9-16-10-14/h11-14,16H,3-10H2,1-2H3. The van der Waals surface area contributed by atoms with Gasteiger partial charge in [-0.05, 0) is 32.7 Å². The molecule has 0 aromatic carbocycles. The summed E-state index contributed by atoms with van der Waals surface area (Å²) in [5.41, 5.74) is 1.44. The van der Waals surface area contributed by atoms with E-state index in [-0.39, 0.29) is 0 Å². The van der Waals surface area contributed by atoms with Gasteiger partial charge in [-0.1, -0.05) is 26.2 Å². The Kier molecular flexibility index (Phi) is 5.24. The lowest BCUT2D eigenvalue weighted by molar-refractivity contribution is 0.409. The molecule has 2 atom stereocenters. The van der Waals surface area contributed by atoms with Crippen LogP contribution in [-0.2, 0) is 0 Å². The summed E-state index contributed by atoms with van der Waals surface area (Å²) in [4.78, 5) is 4.38. The Labute approximate surface area is 111 Å². The van der Waals surface area contributed by atoms with E-state index in [0.717, 1.165) is 6.54 Å². The van der Waals surface area contributed by atoms with Gasteiger partial charge in [-0.3, -0.25) is 0 Å². The number of rotatable bonds is 6. The Morgan fingerprint density at radius 2 is 2.39 bits per heavy atom. The molecule has 2 rings (SSSR count). The van der Waals surface area contributed by atoms with Crippen molar-refractivity contribution in [2.45, 2.75) is 64.3 Å². The predicted molar refractivity (Wildman–Crippen MR) is 75.9 cm³/mol. The van der Waals surface area contributed by atoms with Crippen LogP contribution in [0, 0.1) is 0 Å². The summed E-state index contributed by atoms with van der Waals surface area (Å²) < 4.78 is 2.41. The molecular weight excluding hydrogens is 222 g/mol. The van der Waals surface area contributed by atoms with E-state index in [1.54, 1.807) is 0 Å². The van der Waals surface area contributed by atoms with E-state index in [1.165, 1.54) is 50.8 Å². The van der Waals surface area contributed by atoms with Gasteiger partial charge in [-0.2, -0.15) is 0 Å². The van der Waals surface area contributed by atoms with Crippen molar-refractivity contribution in [1.82, 2.24) is 14.9 Å². The zero-order valence-corrected chi connectivity index (χ0v) is 11.9. The minimum absolute atomic E-state index is 0.593. The first-order chi connectivity index (χ1) is 8.83. The molecule has 18 heavy (non-hydrogen) atoms. The number of nitrogens with zero attached hydrogens (tertiary/aromatic N) is 2. The molecule has 1 aliphatic heterocycles. The maximum absolute atomic E-state index is 4.38. The Morgan fingerprint density at radius 3 is 3.11 bits per heavy atom. The van der Waals surface area contributed by atoms with Crippen LogP contribution in [-0.4, -0.2) is 22.6 Å². The van der Waals surface area contributed by atoms with Crippen LogP contribution in [0.25, 0.3) is 0 Å². The number of imidazole rings is 1. The molecular formula is C15H27N3. The molecule has 2 unspecified atom stereocenters. The fourth-order valence-corrected chi connectivity index (χ4v) is 2.93. The molecule has 0 amide bonds. The molecule has 0 radical (unpaired) electrons. The predicted octanol–water partition coefficient (Wildman–Crippen LogP) is 3.49. The summed E-state index contributed by atoms with van der Waals surface area (Å²) in [6, 6.07) is 0.593. The van der Waals surface area contributed by atoms with E-state index in [1.807, 2.05) is 6.33 Å². The number of nitrogens with one attached hydrogen (secondary N) is 1. The highest BCUT2D eigenvalue weighted by molar-refractivity contribution is 5.09. The van der Waals surface area contributed by atoms with Crippen molar-refractivity contribution >= 4 is 0 Å². The van der Waals surface area contributed by atoms with E-state index >= 15 is 0 Å². The molecule has 0 bridgehead atoms. The van der Waals surface area contributed by atoms with E-state index in [2.05, 4.69) is 34.9 Å². The average Bonchev–Trinajstić information content (AvgIpc) is 2.89. The highest BCUT2D eigenvalue weighted by atomic mass is 15.1. The number of aromatic nitrogens is 2. The van der Waals surface area contributed by atoms with Crippen LogP contribution in [0.4, 0.5) is 0 Å². The van der Waals surface area contributed by atoms with Gasteiger partial charge in [-0.15, -0.1) is 0 Å². The molecule has 0 aliphatic carbocycles. The van der Waals surface area contributed by atoms with Gasteiger partial charge < -0.3 is 9.88 Å². The van der Waals surface area contributed by atoms with E-state index < -0.39 is 0 Å². The molecule has 1 aromatic rings. The SMILES string of the molecule is CCCCCC(C)n1cncc1C1CCCNC1. The summed E-state index contributed by atoms with van der Waals surface area (Å²) in [5.74, 6) is 0.662. The molecule has 3 heteroatoms. The summed E-state index contributed by atoms with van der Waals surface area (Å²) >= 11 is 0. The minimum atomic E-state index is 0.593. The molecule has 1 aromatic heterocycles. The Hall–Kier alpha value is -0.830. The molecule has 1 fully saturated rings. The van der Waals surface area contributed by atoms with Gasteiger partial charge in [0.2, 0.25) is 0 Å². The molecule has 1 saturated heterocycles. The zero-order valence-electron chi connectivity index (χ0n) is 11.9. The first kappa shape index (κ1) is 13.6.